The third kappa shape index (κ3) is 2.58. The van der Waals surface area contributed by atoms with Gasteiger partial charge in [-0.3, -0.25) is 4.79 Å². The molecule has 0 aromatic heterocycles. The number of benzene rings is 1. The third-order valence-corrected chi connectivity index (χ3v) is 3.24. The second kappa shape index (κ2) is 4.75. The van der Waals surface area contributed by atoms with E-state index in [4.69, 9.17) is 5.73 Å². The van der Waals surface area contributed by atoms with Crippen molar-refractivity contribution in [3.63, 3.8) is 0 Å². The lowest BCUT2D eigenvalue weighted by Gasteiger charge is -2.19. The summed E-state index contributed by atoms with van der Waals surface area (Å²) in [4.78, 5) is 10.8. The Bertz CT molecular complexity index is 431. The molecule has 0 spiro atoms. The van der Waals surface area contributed by atoms with Crippen LogP contribution in [0.2, 0.25) is 0 Å². The number of carbonyl (C=O) groups excluding carboxylic acids is 1. The average Bonchev–Trinajstić information content (AvgIpc) is 2.62. The van der Waals surface area contributed by atoms with E-state index in [-0.39, 0.29) is 18.0 Å². The predicted octanol–water partition coefficient (Wildman–Crippen LogP) is 1.23. The van der Waals surface area contributed by atoms with Gasteiger partial charge in [0.2, 0.25) is 5.91 Å². The van der Waals surface area contributed by atoms with Gasteiger partial charge in [-0.05, 0) is 37.0 Å². The van der Waals surface area contributed by atoms with Crippen LogP contribution in [0.25, 0.3) is 0 Å². The van der Waals surface area contributed by atoms with Gasteiger partial charge in [0.15, 0.2) is 0 Å². The van der Waals surface area contributed by atoms with Gasteiger partial charge in [-0.2, -0.15) is 0 Å². The van der Waals surface area contributed by atoms with Gasteiger partial charge in [0.05, 0.1) is 0 Å². The lowest BCUT2D eigenvalue weighted by molar-refractivity contribution is -0.118. The van der Waals surface area contributed by atoms with Crippen molar-refractivity contribution in [1.29, 1.82) is 0 Å². The molecular weight excluding hydrogens is 216 g/mol. The Morgan fingerprint density at radius 3 is 3.12 bits per heavy atom. The molecule has 2 rings (SSSR count). The number of amides is 1. The SMILES string of the molecule is CC(CC(N)=O)NC1CCc2c(O)cccc21. The summed E-state index contributed by atoms with van der Waals surface area (Å²) in [6, 6.07) is 5.87. The Hall–Kier alpha value is -1.55. The first-order chi connectivity index (χ1) is 8.08. The molecule has 17 heavy (non-hydrogen) atoms. The molecular formula is C13H18N2O2. The molecule has 92 valence electrons. The monoisotopic (exact) mass is 234 g/mol. The summed E-state index contributed by atoms with van der Waals surface area (Å²) in [7, 11) is 0. The fourth-order valence-electron chi connectivity index (χ4n) is 2.51. The molecule has 0 heterocycles. The molecule has 2 atom stereocenters. The first kappa shape index (κ1) is 11.9. The molecule has 2 unspecified atom stereocenters. The zero-order valence-corrected chi connectivity index (χ0v) is 9.94. The summed E-state index contributed by atoms with van der Waals surface area (Å²) >= 11 is 0. The van der Waals surface area contributed by atoms with Crippen LogP contribution in [-0.2, 0) is 11.2 Å². The van der Waals surface area contributed by atoms with Crippen LogP contribution in [0.4, 0.5) is 0 Å². The van der Waals surface area contributed by atoms with Crippen LogP contribution >= 0.6 is 0 Å². The van der Waals surface area contributed by atoms with Crippen molar-refractivity contribution in [1.82, 2.24) is 5.32 Å². The van der Waals surface area contributed by atoms with Crippen molar-refractivity contribution in [2.75, 3.05) is 0 Å². The molecule has 0 saturated heterocycles. The Kier molecular flexibility index (Phi) is 3.33. The molecule has 0 saturated carbocycles. The summed E-state index contributed by atoms with van der Waals surface area (Å²) < 4.78 is 0. The Labute approximate surface area is 101 Å². The summed E-state index contributed by atoms with van der Waals surface area (Å²) in [5.41, 5.74) is 7.33. The van der Waals surface area contributed by atoms with Gasteiger partial charge in [0.25, 0.3) is 0 Å². The molecule has 4 N–H and O–H groups in total. The molecule has 1 aromatic carbocycles. The largest absolute Gasteiger partial charge is 0.508 e. The molecule has 1 amide bonds. The molecule has 4 heteroatoms. The molecule has 1 aliphatic carbocycles. The molecule has 0 radical (unpaired) electrons. The van der Waals surface area contributed by atoms with Crippen LogP contribution in [-0.4, -0.2) is 17.1 Å². The van der Waals surface area contributed by atoms with Crippen LogP contribution < -0.4 is 11.1 Å². The molecule has 0 fully saturated rings. The Balaban J connectivity index is 2.07. The van der Waals surface area contributed by atoms with E-state index >= 15 is 0 Å². The normalized spacial score (nSPS) is 19.9. The topological polar surface area (TPSA) is 75.4 Å². The van der Waals surface area contributed by atoms with Crippen LogP contribution in [0.1, 0.15) is 36.9 Å². The molecule has 1 aromatic rings. The van der Waals surface area contributed by atoms with Crippen molar-refractivity contribution in [3.05, 3.63) is 29.3 Å². The number of nitrogens with two attached hydrogens (primary N) is 1. The molecule has 0 bridgehead atoms. The highest BCUT2D eigenvalue weighted by molar-refractivity contribution is 5.74. The maximum absolute atomic E-state index is 10.8. The fraction of sp³-hybridized carbons (Fsp3) is 0.462. The van der Waals surface area contributed by atoms with Crippen molar-refractivity contribution in [3.8, 4) is 5.75 Å². The first-order valence-electron chi connectivity index (χ1n) is 5.93. The van der Waals surface area contributed by atoms with Crippen molar-refractivity contribution in [2.24, 2.45) is 5.73 Å². The zero-order chi connectivity index (χ0) is 12.4. The number of nitrogens with one attached hydrogen (secondary N) is 1. The summed E-state index contributed by atoms with van der Waals surface area (Å²) in [6.07, 6.45) is 2.17. The van der Waals surface area contributed by atoms with Crippen molar-refractivity contribution >= 4 is 5.91 Å². The fourth-order valence-corrected chi connectivity index (χ4v) is 2.51. The molecule has 0 aliphatic heterocycles. The number of phenols is 1. The number of carbonyl (C=O) groups is 1. The van der Waals surface area contributed by atoms with Crippen molar-refractivity contribution < 1.29 is 9.90 Å². The highest BCUT2D eigenvalue weighted by Crippen LogP contribution is 2.36. The van der Waals surface area contributed by atoms with E-state index in [0.717, 1.165) is 24.0 Å². The number of phenolic OH excluding ortho intramolecular Hbond substituents is 1. The Morgan fingerprint density at radius 2 is 2.41 bits per heavy atom. The molecule has 1 aliphatic rings. The van der Waals surface area contributed by atoms with Gasteiger partial charge < -0.3 is 16.2 Å². The summed E-state index contributed by atoms with van der Waals surface area (Å²) in [6.45, 7) is 1.95. The molecule has 4 nitrogen and oxygen atoms in total. The minimum absolute atomic E-state index is 0.0609. The first-order valence-corrected chi connectivity index (χ1v) is 5.93. The van der Waals surface area contributed by atoms with Crippen LogP contribution in [0.15, 0.2) is 18.2 Å². The number of hydrogen-bond donors (Lipinski definition) is 3. The van der Waals surface area contributed by atoms with E-state index in [1.807, 2.05) is 19.1 Å². The summed E-state index contributed by atoms with van der Waals surface area (Å²) in [5, 5.41) is 13.1. The predicted molar refractivity (Wildman–Crippen MR) is 65.6 cm³/mol. The maximum Gasteiger partial charge on any atom is 0.218 e. The second-order valence-electron chi connectivity index (χ2n) is 4.67. The van der Waals surface area contributed by atoms with E-state index in [2.05, 4.69) is 5.32 Å². The quantitative estimate of drug-likeness (QED) is 0.733. The van der Waals surface area contributed by atoms with Crippen LogP contribution in [0.3, 0.4) is 0 Å². The minimum atomic E-state index is -0.292. The van der Waals surface area contributed by atoms with E-state index in [0.29, 0.717) is 12.2 Å². The van der Waals surface area contributed by atoms with E-state index in [9.17, 15) is 9.90 Å². The Morgan fingerprint density at radius 1 is 1.65 bits per heavy atom. The van der Waals surface area contributed by atoms with Crippen molar-refractivity contribution in [2.45, 2.75) is 38.3 Å². The van der Waals surface area contributed by atoms with Gasteiger partial charge >= 0.3 is 0 Å². The van der Waals surface area contributed by atoms with Gasteiger partial charge in [0, 0.05) is 18.5 Å². The van der Waals surface area contributed by atoms with E-state index in [1.54, 1.807) is 6.07 Å². The van der Waals surface area contributed by atoms with Crippen LogP contribution in [0.5, 0.6) is 5.75 Å². The summed E-state index contributed by atoms with van der Waals surface area (Å²) in [5.74, 6) is 0.0773. The van der Waals surface area contributed by atoms with Gasteiger partial charge in [0.1, 0.15) is 5.75 Å². The minimum Gasteiger partial charge on any atom is -0.508 e. The number of primary amides is 1. The lowest BCUT2D eigenvalue weighted by atomic mass is 10.1. The highest BCUT2D eigenvalue weighted by Gasteiger charge is 2.25. The zero-order valence-electron chi connectivity index (χ0n) is 9.94. The van der Waals surface area contributed by atoms with E-state index in [1.165, 1.54) is 0 Å². The number of hydrogen-bond acceptors (Lipinski definition) is 3. The number of aromatic hydroxyl groups is 1. The highest BCUT2D eigenvalue weighted by atomic mass is 16.3. The maximum atomic E-state index is 10.8. The standard InChI is InChI=1S/C13H18N2O2/c1-8(7-13(14)17)15-11-6-5-10-9(11)3-2-4-12(10)16/h2-4,8,11,15-16H,5-7H2,1H3,(H2,14,17). The number of fused-ring (bicyclic) bond motifs is 1. The van der Waals surface area contributed by atoms with Crippen LogP contribution in [0, 0.1) is 0 Å². The second-order valence-corrected chi connectivity index (χ2v) is 4.67. The van der Waals surface area contributed by atoms with Gasteiger partial charge in [-0.25, -0.2) is 0 Å². The average molecular weight is 234 g/mol. The van der Waals surface area contributed by atoms with E-state index < -0.39 is 0 Å². The smallest absolute Gasteiger partial charge is 0.218 e. The third-order valence-electron chi connectivity index (χ3n) is 3.24. The van der Waals surface area contributed by atoms with Gasteiger partial charge in [-0.15, -0.1) is 0 Å². The van der Waals surface area contributed by atoms with Gasteiger partial charge in [-0.1, -0.05) is 12.1 Å². The lowest BCUT2D eigenvalue weighted by Crippen LogP contribution is -2.33. The number of rotatable bonds is 4.